The average Bonchev–Trinajstić information content (AvgIpc) is 3.01. The zero-order chi connectivity index (χ0) is 20.1. The van der Waals surface area contributed by atoms with Gasteiger partial charge in [-0.05, 0) is 42.0 Å². The van der Waals surface area contributed by atoms with Gasteiger partial charge in [0.05, 0.1) is 0 Å². The van der Waals surface area contributed by atoms with Gasteiger partial charge in [-0.3, -0.25) is 0 Å². The first-order valence-corrected chi connectivity index (χ1v) is 7.93. The molecule has 0 saturated heterocycles. The number of hydrogen-bond donors (Lipinski definition) is 1. The van der Waals surface area contributed by atoms with E-state index < -0.39 is 25.2 Å². The molecule has 9 heteroatoms. The molecule has 144 valence electrons. The number of ether oxygens (including phenoxy) is 3. The van der Waals surface area contributed by atoms with Gasteiger partial charge >= 0.3 is 18.6 Å². The van der Waals surface area contributed by atoms with Gasteiger partial charge in [-0.2, -0.15) is 8.78 Å². The van der Waals surface area contributed by atoms with Crippen LogP contribution in [0.4, 0.5) is 8.78 Å². The third-order valence-electron chi connectivity index (χ3n) is 3.47. The molecular weight excluding hydrogens is 376 g/mol. The Hall–Kier alpha value is -3.75. The number of benzene rings is 2. The molecule has 7 nitrogen and oxygen atoms in total. The minimum Gasteiger partial charge on any atom is -0.482 e. The monoisotopic (exact) mass is 389 g/mol. The minimum atomic E-state index is -2.97. The highest BCUT2D eigenvalue weighted by Crippen LogP contribution is 2.23. The normalized spacial score (nSPS) is 14.8. The maximum atomic E-state index is 12.3. The Morgan fingerprint density at radius 3 is 2.61 bits per heavy atom. The van der Waals surface area contributed by atoms with Crippen LogP contribution in [0, 0.1) is 0 Å². The summed E-state index contributed by atoms with van der Waals surface area (Å²) in [5.41, 5.74) is 0.941. The Kier molecular flexibility index (Phi) is 5.64. The maximum absolute atomic E-state index is 12.3. The molecule has 28 heavy (non-hydrogen) atoms. The molecule has 0 bridgehead atoms. The third-order valence-corrected chi connectivity index (χ3v) is 3.47. The molecule has 0 radical (unpaired) electrons. The van der Waals surface area contributed by atoms with E-state index in [1.54, 1.807) is 30.3 Å². The molecule has 0 unspecified atom stereocenters. The Morgan fingerprint density at radius 2 is 1.93 bits per heavy atom. The Morgan fingerprint density at radius 1 is 1.18 bits per heavy atom. The van der Waals surface area contributed by atoms with E-state index >= 15 is 0 Å². The molecular formula is C19H13F2NO6. The topological polar surface area (TPSA) is 94.4 Å². The number of hydrogen-bond acceptors (Lipinski definition) is 6. The van der Waals surface area contributed by atoms with Crippen molar-refractivity contribution in [1.82, 2.24) is 0 Å². The number of rotatable bonds is 7. The summed E-state index contributed by atoms with van der Waals surface area (Å²) in [7, 11) is 0. The fourth-order valence-corrected chi connectivity index (χ4v) is 2.30. The van der Waals surface area contributed by atoms with Crippen LogP contribution in [0.1, 0.15) is 11.1 Å². The molecule has 0 amide bonds. The second-order valence-electron chi connectivity index (χ2n) is 5.49. The van der Waals surface area contributed by atoms with Crippen molar-refractivity contribution in [3.05, 3.63) is 65.4 Å². The molecule has 1 aliphatic rings. The van der Waals surface area contributed by atoms with Crippen LogP contribution < -0.4 is 9.47 Å². The van der Waals surface area contributed by atoms with Crippen molar-refractivity contribution in [1.29, 1.82) is 0 Å². The number of carbonyl (C=O) groups is 2. The van der Waals surface area contributed by atoms with Crippen molar-refractivity contribution in [3.63, 3.8) is 0 Å². The molecule has 1 aliphatic heterocycles. The first-order valence-electron chi connectivity index (χ1n) is 7.93. The van der Waals surface area contributed by atoms with Crippen molar-refractivity contribution in [2.45, 2.75) is 6.61 Å². The number of aliphatic imine (C=N–C) groups is 1. The summed E-state index contributed by atoms with van der Waals surface area (Å²) in [6, 6.07) is 12.0. The summed E-state index contributed by atoms with van der Waals surface area (Å²) in [5.74, 6) is -1.54. The van der Waals surface area contributed by atoms with Gasteiger partial charge < -0.3 is 19.3 Å². The maximum Gasteiger partial charge on any atom is 0.387 e. The van der Waals surface area contributed by atoms with Crippen LogP contribution in [-0.2, 0) is 14.3 Å². The van der Waals surface area contributed by atoms with Crippen molar-refractivity contribution >= 4 is 23.9 Å². The average molecular weight is 389 g/mol. The van der Waals surface area contributed by atoms with Gasteiger partial charge in [0.25, 0.3) is 0 Å². The zero-order valence-electron chi connectivity index (χ0n) is 14.2. The van der Waals surface area contributed by atoms with E-state index in [-0.39, 0.29) is 17.3 Å². The van der Waals surface area contributed by atoms with Crippen molar-refractivity contribution in [2.75, 3.05) is 6.61 Å². The van der Waals surface area contributed by atoms with Gasteiger partial charge in [0.15, 0.2) is 12.3 Å². The van der Waals surface area contributed by atoms with Crippen LogP contribution in [0.3, 0.4) is 0 Å². The van der Waals surface area contributed by atoms with Gasteiger partial charge in [-0.15, -0.1) is 0 Å². The van der Waals surface area contributed by atoms with Crippen molar-refractivity contribution < 1.29 is 37.7 Å². The lowest BCUT2D eigenvalue weighted by Gasteiger charge is -2.05. The number of alkyl halides is 2. The molecule has 0 aromatic heterocycles. The molecule has 2 aromatic rings. The first-order chi connectivity index (χ1) is 13.4. The van der Waals surface area contributed by atoms with E-state index in [1.807, 2.05) is 0 Å². The van der Waals surface area contributed by atoms with E-state index in [1.165, 1.54) is 24.3 Å². The lowest BCUT2D eigenvalue weighted by molar-refractivity contribution is -0.139. The number of carbonyl (C=O) groups excluding carboxylic acids is 1. The molecule has 0 saturated carbocycles. The second kappa shape index (κ2) is 8.30. The van der Waals surface area contributed by atoms with Gasteiger partial charge in [-0.1, -0.05) is 18.2 Å². The quantitative estimate of drug-likeness (QED) is 0.578. The van der Waals surface area contributed by atoms with Crippen LogP contribution in [0.25, 0.3) is 6.08 Å². The first kappa shape index (κ1) is 19.0. The number of esters is 1. The van der Waals surface area contributed by atoms with Gasteiger partial charge in [-0.25, -0.2) is 14.6 Å². The highest BCUT2D eigenvalue weighted by molar-refractivity contribution is 6.12. The number of cyclic esters (lactones) is 1. The van der Waals surface area contributed by atoms with Gasteiger partial charge in [0, 0.05) is 5.56 Å². The molecule has 1 N–H and O–H groups in total. The predicted octanol–water partition coefficient (Wildman–Crippen LogP) is 3.10. The van der Waals surface area contributed by atoms with Gasteiger partial charge in [0.1, 0.15) is 11.5 Å². The van der Waals surface area contributed by atoms with E-state index in [9.17, 15) is 18.4 Å². The van der Waals surface area contributed by atoms with E-state index in [0.29, 0.717) is 16.9 Å². The number of nitrogens with zero attached hydrogens (tertiary/aromatic N) is 1. The number of aliphatic carboxylic acids is 1. The molecule has 3 rings (SSSR count). The highest BCUT2D eigenvalue weighted by Gasteiger charge is 2.24. The minimum absolute atomic E-state index is 0.0226. The molecule has 0 aliphatic carbocycles. The number of halogens is 2. The third kappa shape index (κ3) is 4.91. The summed E-state index contributed by atoms with van der Waals surface area (Å²) in [6.45, 7) is -3.43. The van der Waals surface area contributed by atoms with Gasteiger partial charge in [0.2, 0.25) is 5.90 Å². The van der Waals surface area contributed by atoms with Crippen LogP contribution in [0.2, 0.25) is 0 Å². The summed E-state index contributed by atoms with van der Waals surface area (Å²) in [4.78, 5) is 26.6. The Balaban J connectivity index is 1.77. The molecule has 2 aromatic carbocycles. The Labute approximate surface area is 157 Å². The summed E-state index contributed by atoms with van der Waals surface area (Å²) in [6.07, 6.45) is 1.47. The van der Waals surface area contributed by atoms with E-state index in [4.69, 9.17) is 14.6 Å². The number of carboxylic acid groups (broad SMARTS) is 1. The Bertz CT molecular complexity index is 953. The molecule has 0 atom stereocenters. The largest absolute Gasteiger partial charge is 0.482 e. The fourth-order valence-electron chi connectivity index (χ4n) is 2.30. The van der Waals surface area contributed by atoms with Crippen LogP contribution in [0.5, 0.6) is 11.5 Å². The zero-order valence-corrected chi connectivity index (χ0v) is 14.2. The second-order valence-corrected chi connectivity index (χ2v) is 5.49. The summed E-state index contributed by atoms with van der Waals surface area (Å²) >= 11 is 0. The van der Waals surface area contributed by atoms with Crippen LogP contribution in [0.15, 0.2) is 59.2 Å². The van der Waals surface area contributed by atoms with Crippen molar-refractivity contribution in [2.24, 2.45) is 4.99 Å². The lowest BCUT2D eigenvalue weighted by atomic mass is 10.2. The lowest BCUT2D eigenvalue weighted by Crippen LogP contribution is -2.09. The van der Waals surface area contributed by atoms with E-state index in [0.717, 1.165) is 0 Å². The molecule has 1 heterocycles. The van der Waals surface area contributed by atoms with Crippen LogP contribution in [-0.4, -0.2) is 36.2 Å². The van der Waals surface area contributed by atoms with E-state index in [2.05, 4.69) is 9.73 Å². The predicted molar refractivity (Wildman–Crippen MR) is 93.3 cm³/mol. The highest BCUT2D eigenvalue weighted by atomic mass is 19.3. The SMILES string of the molecule is O=C(O)COc1ccc(C=C2N=C(c3cccc(OC(F)F)c3)OC2=O)cc1. The molecule has 0 fully saturated rings. The standard InChI is InChI=1S/C19H13F2NO6/c20-19(21)27-14-3-1-2-12(9-14)17-22-15(18(25)28-17)8-11-4-6-13(7-5-11)26-10-16(23)24/h1-9,19H,10H2,(H,23,24). The molecule has 0 spiro atoms. The van der Waals surface area contributed by atoms with Crippen molar-refractivity contribution in [3.8, 4) is 11.5 Å². The number of carboxylic acids is 1. The summed E-state index contributed by atoms with van der Waals surface area (Å²) < 4.78 is 39.1. The van der Waals surface area contributed by atoms with Crippen LogP contribution >= 0.6 is 0 Å². The fraction of sp³-hybridized carbons (Fsp3) is 0.105. The summed E-state index contributed by atoms with van der Waals surface area (Å²) in [5, 5.41) is 8.58. The smallest absolute Gasteiger partial charge is 0.387 e.